The van der Waals surface area contributed by atoms with Gasteiger partial charge in [-0.2, -0.15) is 0 Å². The fourth-order valence-corrected chi connectivity index (χ4v) is 3.58. The van der Waals surface area contributed by atoms with Crippen molar-refractivity contribution in [3.05, 3.63) is 58.9 Å². The second-order valence-electron chi connectivity index (χ2n) is 5.48. The molecule has 0 radical (unpaired) electrons. The summed E-state index contributed by atoms with van der Waals surface area (Å²) in [4.78, 5) is 4.50. The van der Waals surface area contributed by atoms with Crippen molar-refractivity contribution in [3.8, 4) is 0 Å². The first-order valence-corrected chi connectivity index (χ1v) is 9.36. The monoisotopic (exact) mass is 333 g/mol. The summed E-state index contributed by atoms with van der Waals surface area (Å²) in [6.07, 6.45) is 6.12. The fourth-order valence-electron chi connectivity index (χ4n) is 2.84. The highest BCUT2D eigenvalue weighted by molar-refractivity contribution is 7.90. The Labute approximate surface area is 135 Å². The van der Waals surface area contributed by atoms with E-state index < -0.39 is 9.84 Å². The topological polar surface area (TPSA) is 47.0 Å². The van der Waals surface area contributed by atoms with E-state index in [1.807, 2.05) is 18.2 Å². The van der Waals surface area contributed by atoms with Crippen LogP contribution in [-0.4, -0.2) is 19.7 Å². The smallest absolute Gasteiger partial charge is 0.175 e. The molecular weight excluding hydrogens is 318 g/mol. The molecule has 0 spiro atoms. The Balaban J connectivity index is 2.01. The predicted molar refractivity (Wildman–Crippen MR) is 89.5 cm³/mol. The van der Waals surface area contributed by atoms with Gasteiger partial charge in [0.2, 0.25) is 0 Å². The van der Waals surface area contributed by atoms with E-state index in [2.05, 4.69) is 4.98 Å². The van der Waals surface area contributed by atoms with Gasteiger partial charge in [0.05, 0.1) is 4.90 Å². The number of rotatable bonds is 3. The molecule has 5 heteroatoms. The Morgan fingerprint density at radius 1 is 0.955 bits per heavy atom. The van der Waals surface area contributed by atoms with Crippen molar-refractivity contribution >= 4 is 32.6 Å². The third-order valence-electron chi connectivity index (χ3n) is 3.92. The van der Waals surface area contributed by atoms with E-state index in [1.165, 1.54) is 17.4 Å². The highest BCUT2D eigenvalue weighted by Crippen LogP contribution is 2.39. The average molecular weight is 334 g/mol. The Morgan fingerprint density at radius 3 is 2.09 bits per heavy atom. The van der Waals surface area contributed by atoms with Crippen LogP contribution in [0.1, 0.15) is 30.4 Å². The molecule has 0 saturated heterocycles. The van der Waals surface area contributed by atoms with Gasteiger partial charge in [-0.25, -0.2) is 13.4 Å². The molecule has 0 bridgehead atoms. The highest BCUT2D eigenvalue weighted by atomic mass is 35.5. The first-order valence-electron chi connectivity index (χ1n) is 7.09. The molecule has 0 atom stereocenters. The maximum absolute atomic E-state index is 11.6. The van der Waals surface area contributed by atoms with Gasteiger partial charge in [0, 0.05) is 12.5 Å². The zero-order valence-electron chi connectivity index (χ0n) is 12.2. The summed E-state index contributed by atoms with van der Waals surface area (Å²) in [5, 5.41) is 0.487. The van der Waals surface area contributed by atoms with E-state index in [0.717, 1.165) is 30.4 Å². The molecule has 1 aromatic heterocycles. The van der Waals surface area contributed by atoms with Crippen molar-refractivity contribution in [2.75, 3.05) is 6.26 Å². The minimum absolute atomic E-state index is 0.351. The number of pyridine rings is 1. The van der Waals surface area contributed by atoms with Crippen LogP contribution in [0.3, 0.4) is 0 Å². The molecule has 0 unspecified atom stereocenters. The lowest BCUT2D eigenvalue weighted by molar-refractivity contribution is 0.602. The lowest BCUT2D eigenvalue weighted by Crippen LogP contribution is -1.97. The van der Waals surface area contributed by atoms with Gasteiger partial charge in [-0.05, 0) is 59.7 Å². The van der Waals surface area contributed by atoms with E-state index >= 15 is 0 Å². The molecule has 0 saturated carbocycles. The molecule has 3 nitrogen and oxygen atoms in total. The van der Waals surface area contributed by atoms with E-state index in [1.54, 1.807) is 24.4 Å². The van der Waals surface area contributed by atoms with Crippen molar-refractivity contribution in [3.63, 3.8) is 0 Å². The molecule has 1 heterocycles. The lowest BCUT2D eigenvalue weighted by atomic mass is 9.98. The van der Waals surface area contributed by atoms with Crippen LogP contribution in [0, 0.1) is 0 Å². The van der Waals surface area contributed by atoms with E-state index in [-0.39, 0.29) is 0 Å². The summed E-state index contributed by atoms with van der Waals surface area (Å²) in [6, 6.07) is 10.9. The normalized spacial score (nSPS) is 15.4. The zero-order valence-corrected chi connectivity index (χ0v) is 13.8. The number of aromatic nitrogens is 1. The minimum Gasteiger partial charge on any atom is -0.244 e. The second kappa shape index (κ2) is 5.86. The van der Waals surface area contributed by atoms with E-state index in [9.17, 15) is 8.42 Å². The average Bonchev–Trinajstić information content (AvgIpc) is 2.97. The second-order valence-corrected chi connectivity index (χ2v) is 7.88. The van der Waals surface area contributed by atoms with Crippen molar-refractivity contribution in [1.29, 1.82) is 0 Å². The molecule has 0 N–H and O–H groups in total. The van der Waals surface area contributed by atoms with Gasteiger partial charge in [-0.1, -0.05) is 29.8 Å². The van der Waals surface area contributed by atoms with Gasteiger partial charge in [-0.3, -0.25) is 0 Å². The number of hydrogen-bond acceptors (Lipinski definition) is 3. The summed E-state index contributed by atoms with van der Waals surface area (Å²) < 4.78 is 23.1. The maximum atomic E-state index is 11.6. The van der Waals surface area contributed by atoms with Crippen molar-refractivity contribution in [2.45, 2.75) is 24.2 Å². The molecule has 3 rings (SSSR count). The zero-order chi connectivity index (χ0) is 15.7. The molecular formula is C17H16ClNO2S. The Morgan fingerprint density at radius 2 is 1.55 bits per heavy atom. The van der Waals surface area contributed by atoms with Gasteiger partial charge in [0.1, 0.15) is 5.15 Å². The van der Waals surface area contributed by atoms with Crippen LogP contribution in [0.5, 0.6) is 0 Å². The van der Waals surface area contributed by atoms with E-state index in [4.69, 9.17) is 11.6 Å². The molecule has 1 aliphatic rings. The van der Waals surface area contributed by atoms with Crippen molar-refractivity contribution in [2.24, 2.45) is 0 Å². The summed E-state index contributed by atoms with van der Waals surface area (Å²) >= 11 is 5.85. The van der Waals surface area contributed by atoms with Gasteiger partial charge in [0.25, 0.3) is 0 Å². The Kier molecular flexibility index (Phi) is 4.06. The molecule has 2 aromatic rings. The van der Waals surface area contributed by atoms with Crippen LogP contribution >= 0.6 is 11.6 Å². The van der Waals surface area contributed by atoms with Crippen LogP contribution in [0.4, 0.5) is 0 Å². The SMILES string of the molecule is CS(=O)(=O)c1ccc(C2=C(c3ccc(Cl)nc3)CCC2)cc1. The number of halogens is 1. The van der Waals surface area contributed by atoms with E-state index in [0.29, 0.717) is 10.0 Å². The number of benzene rings is 1. The third-order valence-corrected chi connectivity index (χ3v) is 5.28. The van der Waals surface area contributed by atoms with Crippen LogP contribution in [0.2, 0.25) is 5.15 Å². The van der Waals surface area contributed by atoms with Crippen LogP contribution in [-0.2, 0) is 9.84 Å². The van der Waals surface area contributed by atoms with Crippen LogP contribution in [0.25, 0.3) is 11.1 Å². The van der Waals surface area contributed by atoms with Crippen LogP contribution < -0.4 is 0 Å². The molecule has 22 heavy (non-hydrogen) atoms. The fraction of sp³-hybridized carbons (Fsp3) is 0.235. The number of hydrogen-bond donors (Lipinski definition) is 0. The van der Waals surface area contributed by atoms with Crippen molar-refractivity contribution in [1.82, 2.24) is 4.98 Å². The molecule has 0 aliphatic heterocycles. The highest BCUT2D eigenvalue weighted by Gasteiger charge is 2.18. The standard InChI is InChI=1S/C17H16ClNO2S/c1-22(20,21)14-8-5-12(6-9-14)15-3-2-4-16(15)13-7-10-17(18)19-11-13/h5-11H,2-4H2,1H3. The van der Waals surface area contributed by atoms with Crippen molar-refractivity contribution < 1.29 is 8.42 Å². The quantitative estimate of drug-likeness (QED) is 0.789. The Hall–Kier alpha value is -1.65. The maximum Gasteiger partial charge on any atom is 0.175 e. The summed E-state index contributed by atoms with van der Waals surface area (Å²) in [5.41, 5.74) is 4.71. The lowest BCUT2D eigenvalue weighted by Gasteiger charge is -2.09. The summed E-state index contributed by atoms with van der Waals surface area (Å²) in [7, 11) is -3.15. The first kappa shape index (κ1) is 15.3. The molecule has 0 fully saturated rings. The number of sulfone groups is 1. The minimum atomic E-state index is -3.15. The number of nitrogens with zero attached hydrogens (tertiary/aromatic N) is 1. The molecule has 1 aliphatic carbocycles. The van der Waals surface area contributed by atoms with Crippen LogP contribution in [0.15, 0.2) is 47.5 Å². The first-order chi connectivity index (χ1) is 10.4. The Bertz CT molecular complexity index is 822. The summed E-state index contributed by atoms with van der Waals surface area (Å²) in [5.74, 6) is 0. The van der Waals surface area contributed by atoms with Gasteiger partial charge < -0.3 is 0 Å². The number of allylic oxidation sites excluding steroid dienone is 2. The predicted octanol–water partition coefficient (Wildman–Crippen LogP) is 4.23. The molecule has 114 valence electrons. The van der Waals surface area contributed by atoms with Gasteiger partial charge in [0.15, 0.2) is 9.84 Å². The summed E-state index contributed by atoms with van der Waals surface area (Å²) in [6.45, 7) is 0. The van der Waals surface area contributed by atoms with Gasteiger partial charge >= 0.3 is 0 Å². The molecule has 0 amide bonds. The molecule has 1 aromatic carbocycles. The third kappa shape index (κ3) is 3.08. The van der Waals surface area contributed by atoms with Gasteiger partial charge in [-0.15, -0.1) is 0 Å². The largest absolute Gasteiger partial charge is 0.244 e.